The van der Waals surface area contributed by atoms with Gasteiger partial charge in [-0.3, -0.25) is 0 Å². The lowest BCUT2D eigenvalue weighted by atomic mass is 9.59. The first-order chi connectivity index (χ1) is 23.3. The number of hydrogen-bond acceptors (Lipinski definition) is 2. The molecule has 0 aromatic heterocycles. The maximum Gasteiger partial charge on any atom is 0.0994 e. The van der Waals surface area contributed by atoms with Crippen LogP contribution in [-0.4, -0.2) is 0 Å². The van der Waals surface area contributed by atoms with Crippen LogP contribution in [0.2, 0.25) is 0 Å². The highest BCUT2D eigenvalue weighted by Gasteiger charge is 2.43. The molecule has 2 nitrogen and oxygen atoms in total. The molecule has 3 aliphatic carbocycles. The highest BCUT2D eigenvalue weighted by molar-refractivity contribution is 5.83. The molecule has 7 aromatic carbocycles. The van der Waals surface area contributed by atoms with E-state index < -0.39 is 0 Å². The van der Waals surface area contributed by atoms with E-state index in [1.165, 1.54) is 50.1 Å². The fraction of sp³-hybridized carbons (Fsp3) is 0.0444. The minimum Gasteiger partial charge on any atom is -0.311 e. The van der Waals surface area contributed by atoms with Crippen molar-refractivity contribution in [2.45, 2.75) is 11.8 Å². The number of nitrogens with zero attached hydrogens (tertiary/aromatic N) is 2. The third-order valence-corrected chi connectivity index (χ3v) is 9.90. The summed E-state index contributed by atoms with van der Waals surface area (Å²) in [4.78, 5) is 2.31. The predicted molar refractivity (Wildman–Crippen MR) is 191 cm³/mol. The lowest BCUT2D eigenvalue weighted by Crippen LogP contribution is -2.29. The van der Waals surface area contributed by atoms with Crippen LogP contribution in [0.25, 0.3) is 22.3 Å². The fourth-order valence-corrected chi connectivity index (χ4v) is 7.89. The number of para-hydroxylation sites is 1. The lowest BCUT2D eigenvalue weighted by molar-refractivity contribution is 0.753. The van der Waals surface area contributed by atoms with Crippen molar-refractivity contribution in [2.24, 2.45) is 0 Å². The van der Waals surface area contributed by atoms with Crippen LogP contribution in [0.5, 0.6) is 0 Å². The van der Waals surface area contributed by atoms with Gasteiger partial charge in [0.15, 0.2) is 0 Å². The van der Waals surface area contributed by atoms with E-state index in [0.717, 1.165) is 28.2 Å². The third-order valence-electron chi connectivity index (χ3n) is 9.90. The molecule has 0 unspecified atom stereocenters. The Hall–Kier alpha value is -6.17. The van der Waals surface area contributed by atoms with Gasteiger partial charge in [0.2, 0.25) is 0 Å². The Morgan fingerprint density at radius 3 is 1.34 bits per heavy atom. The molecular formula is C45H30N2. The Morgan fingerprint density at radius 1 is 0.383 bits per heavy atom. The smallest absolute Gasteiger partial charge is 0.0994 e. The number of nitriles is 1. The summed E-state index contributed by atoms with van der Waals surface area (Å²) in [7, 11) is 0. The molecule has 220 valence electrons. The zero-order valence-corrected chi connectivity index (χ0v) is 25.7. The Kier molecular flexibility index (Phi) is 6.37. The van der Waals surface area contributed by atoms with Crippen LogP contribution in [0, 0.1) is 11.3 Å². The molecule has 47 heavy (non-hydrogen) atoms. The van der Waals surface area contributed by atoms with Crippen molar-refractivity contribution in [3.8, 4) is 28.3 Å². The van der Waals surface area contributed by atoms with E-state index >= 15 is 0 Å². The highest BCUT2D eigenvalue weighted by atomic mass is 15.1. The summed E-state index contributed by atoms with van der Waals surface area (Å²) in [5.74, 6) is 0.151. The summed E-state index contributed by atoms with van der Waals surface area (Å²) in [5.41, 5.74) is 16.6. The first-order valence-corrected chi connectivity index (χ1v) is 16.2. The second kappa shape index (κ2) is 11.0. The normalized spacial score (nSPS) is 15.2. The van der Waals surface area contributed by atoms with E-state index in [4.69, 9.17) is 0 Å². The van der Waals surface area contributed by atoms with Gasteiger partial charge in [0, 0.05) is 28.9 Å². The molecule has 3 aliphatic rings. The lowest BCUT2D eigenvalue weighted by Gasteiger charge is -2.43. The van der Waals surface area contributed by atoms with Crippen LogP contribution < -0.4 is 4.90 Å². The van der Waals surface area contributed by atoms with Crippen molar-refractivity contribution < 1.29 is 0 Å². The SMILES string of the molecule is N#Cc1ccc(-c2ccc(N(c3ccccc3)c3ccc(-c4ccccc4)cc3)cc2)c2c1C1c3ccccc3C2c2ccccc21. The van der Waals surface area contributed by atoms with Crippen molar-refractivity contribution in [1.29, 1.82) is 5.26 Å². The van der Waals surface area contributed by atoms with Gasteiger partial charge in [-0.1, -0.05) is 127 Å². The van der Waals surface area contributed by atoms with Crippen molar-refractivity contribution in [2.75, 3.05) is 4.90 Å². The number of hydrogen-bond donors (Lipinski definition) is 0. The molecule has 10 rings (SSSR count). The second-order valence-electron chi connectivity index (χ2n) is 12.4. The third kappa shape index (κ3) is 4.32. The van der Waals surface area contributed by atoms with Gasteiger partial charge >= 0.3 is 0 Å². The summed E-state index contributed by atoms with van der Waals surface area (Å²) in [5, 5.41) is 10.3. The van der Waals surface area contributed by atoms with Gasteiger partial charge in [-0.25, -0.2) is 0 Å². The summed E-state index contributed by atoms with van der Waals surface area (Å²) >= 11 is 0. The van der Waals surface area contributed by atoms with Crippen LogP contribution in [-0.2, 0) is 0 Å². The van der Waals surface area contributed by atoms with E-state index in [0.29, 0.717) is 0 Å². The summed E-state index contributed by atoms with van der Waals surface area (Å²) in [6.45, 7) is 0. The van der Waals surface area contributed by atoms with Gasteiger partial charge in [-0.15, -0.1) is 0 Å². The zero-order valence-electron chi connectivity index (χ0n) is 25.7. The fourth-order valence-electron chi connectivity index (χ4n) is 7.89. The number of anilines is 3. The molecule has 0 heterocycles. The summed E-state index contributed by atoms with van der Waals surface area (Å²) in [6.07, 6.45) is 0. The molecule has 0 saturated carbocycles. The van der Waals surface area contributed by atoms with Crippen LogP contribution in [0.4, 0.5) is 17.1 Å². The van der Waals surface area contributed by atoms with Crippen LogP contribution >= 0.6 is 0 Å². The zero-order chi connectivity index (χ0) is 31.3. The Morgan fingerprint density at radius 2 is 0.809 bits per heavy atom. The molecule has 0 saturated heterocycles. The molecule has 2 bridgehead atoms. The van der Waals surface area contributed by atoms with E-state index in [-0.39, 0.29) is 11.8 Å². The monoisotopic (exact) mass is 598 g/mol. The second-order valence-corrected chi connectivity index (χ2v) is 12.4. The molecule has 7 aromatic rings. The Balaban J connectivity index is 1.16. The van der Waals surface area contributed by atoms with E-state index in [9.17, 15) is 5.26 Å². The van der Waals surface area contributed by atoms with Crippen molar-refractivity contribution in [1.82, 2.24) is 0 Å². The Labute approximate surface area is 275 Å². The van der Waals surface area contributed by atoms with Crippen LogP contribution in [0.1, 0.15) is 50.8 Å². The molecule has 0 amide bonds. The van der Waals surface area contributed by atoms with Crippen LogP contribution in [0.3, 0.4) is 0 Å². The summed E-state index contributed by atoms with van der Waals surface area (Å²) < 4.78 is 0. The average Bonchev–Trinajstić information content (AvgIpc) is 3.15. The van der Waals surface area contributed by atoms with Gasteiger partial charge in [0.25, 0.3) is 0 Å². The number of benzene rings is 7. The minimum atomic E-state index is 0.0590. The van der Waals surface area contributed by atoms with Gasteiger partial charge in [0.1, 0.15) is 0 Å². The van der Waals surface area contributed by atoms with Crippen molar-refractivity contribution in [3.05, 3.63) is 209 Å². The molecule has 2 heteroatoms. The highest BCUT2D eigenvalue weighted by Crippen LogP contribution is 2.58. The first kappa shape index (κ1) is 27.2. The Bertz CT molecular complexity index is 2250. The van der Waals surface area contributed by atoms with E-state index in [2.05, 4.69) is 175 Å². The molecule has 0 atom stereocenters. The van der Waals surface area contributed by atoms with E-state index in [1.807, 2.05) is 6.07 Å². The van der Waals surface area contributed by atoms with Gasteiger partial charge < -0.3 is 4.90 Å². The predicted octanol–water partition coefficient (Wildman–Crippen LogP) is 11.3. The van der Waals surface area contributed by atoms with Crippen molar-refractivity contribution >= 4 is 17.1 Å². The maximum absolute atomic E-state index is 10.3. The molecule has 0 N–H and O–H groups in total. The molecule has 0 radical (unpaired) electrons. The largest absolute Gasteiger partial charge is 0.311 e. The van der Waals surface area contributed by atoms with Gasteiger partial charge in [0.05, 0.1) is 11.6 Å². The van der Waals surface area contributed by atoms with E-state index in [1.54, 1.807) is 0 Å². The van der Waals surface area contributed by atoms with Crippen molar-refractivity contribution in [3.63, 3.8) is 0 Å². The van der Waals surface area contributed by atoms with Crippen LogP contribution in [0.15, 0.2) is 170 Å². The maximum atomic E-state index is 10.3. The van der Waals surface area contributed by atoms with Gasteiger partial charge in [-0.2, -0.15) is 5.26 Å². The molecule has 0 aliphatic heterocycles. The molecule has 0 fully saturated rings. The first-order valence-electron chi connectivity index (χ1n) is 16.2. The summed E-state index contributed by atoms with van der Waals surface area (Å²) in [6, 6.07) is 63.1. The topological polar surface area (TPSA) is 27.0 Å². The average molecular weight is 599 g/mol. The molecular weight excluding hydrogens is 569 g/mol. The minimum absolute atomic E-state index is 0.0590. The standard InChI is InChI=1S/C45H30N2/c46-29-33-23-28-37(45-42(33)43-38-15-7-9-17-40(38)44(45)41-18-10-8-16-39(41)43)32-21-26-36(27-22-32)47(34-13-5-2-6-14-34)35-24-19-31(20-25-35)30-11-3-1-4-12-30/h1-28,43-44H. The number of rotatable bonds is 5. The van der Waals surface area contributed by atoms with Gasteiger partial charge in [-0.05, 0) is 98.1 Å². The quantitative estimate of drug-likeness (QED) is 0.197. The molecule has 0 spiro atoms.